The van der Waals surface area contributed by atoms with Gasteiger partial charge in [-0.2, -0.15) is 0 Å². The summed E-state index contributed by atoms with van der Waals surface area (Å²) in [5, 5.41) is 13.1. The van der Waals surface area contributed by atoms with Gasteiger partial charge in [0.2, 0.25) is 0 Å². The number of carboxylic acids is 1. The predicted octanol–water partition coefficient (Wildman–Crippen LogP) is 2.92. The molecule has 1 aromatic carbocycles. The number of hydrogen-bond donors (Lipinski definition) is 2. The molecule has 1 aliphatic carbocycles. The van der Waals surface area contributed by atoms with Crippen LogP contribution in [0.3, 0.4) is 0 Å². The second-order valence-corrected chi connectivity index (χ2v) is 6.09. The SMILES string of the molecule is CC(C)NC(COC1CCCC1)(C(=O)O)c1ccccc1. The number of carbonyl (C=O) groups is 1. The van der Waals surface area contributed by atoms with Gasteiger partial charge in [-0.15, -0.1) is 0 Å². The van der Waals surface area contributed by atoms with Gasteiger partial charge in [0.05, 0.1) is 12.7 Å². The van der Waals surface area contributed by atoms with Gasteiger partial charge < -0.3 is 9.84 Å². The minimum atomic E-state index is -1.18. The van der Waals surface area contributed by atoms with E-state index in [2.05, 4.69) is 5.32 Å². The molecule has 1 atom stereocenters. The Bertz CT molecular complexity index is 454. The Hall–Kier alpha value is -1.39. The van der Waals surface area contributed by atoms with Gasteiger partial charge in [-0.25, -0.2) is 4.79 Å². The van der Waals surface area contributed by atoms with Crippen LogP contribution in [0.5, 0.6) is 0 Å². The zero-order valence-corrected chi connectivity index (χ0v) is 12.8. The van der Waals surface area contributed by atoms with E-state index < -0.39 is 11.5 Å². The topological polar surface area (TPSA) is 58.6 Å². The van der Waals surface area contributed by atoms with Crippen LogP contribution < -0.4 is 5.32 Å². The zero-order chi connectivity index (χ0) is 15.3. The molecular formula is C17H25NO3. The number of benzene rings is 1. The Morgan fingerprint density at radius 2 is 1.95 bits per heavy atom. The molecule has 0 bridgehead atoms. The largest absolute Gasteiger partial charge is 0.480 e. The standard InChI is InChI=1S/C17H25NO3/c1-13(2)18-17(16(19)20,14-8-4-3-5-9-14)12-21-15-10-6-7-11-15/h3-5,8-9,13,15,18H,6-7,10-12H2,1-2H3,(H,19,20). The molecule has 116 valence electrons. The van der Waals surface area contributed by atoms with Gasteiger partial charge in [-0.05, 0) is 32.3 Å². The molecule has 0 heterocycles. The summed E-state index contributed by atoms with van der Waals surface area (Å²) < 4.78 is 5.94. The van der Waals surface area contributed by atoms with Gasteiger partial charge in [0, 0.05) is 6.04 Å². The van der Waals surface area contributed by atoms with Gasteiger partial charge >= 0.3 is 5.97 Å². The van der Waals surface area contributed by atoms with Crippen molar-refractivity contribution in [3.8, 4) is 0 Å². The molecule has 1 aliphatic rings. The van der Waals surface area contributed by atoms with E-state index in [1.807, 2.05) is 44.2 Å². The third kappa shape index (κ3) is 3.83. The fourth-order valence-corrected chi connectivity index (χ4v) is 2.97. The van der Waals surface area contributed by atoms with Crippen molar-refractivity contribution in [2.24, 2.45) is 0 Å². The molecule has 0 saturated heterocycles. The molecule has 2 rings (SSSR count). The Morgan fingerprint density at radius 1 is 1.33 bits per heavy atom. The number of nitrogens with one attached hydrogen (secondary N) is 1. The molecule has 0 spiro atoms. The summed E-state index contributed by atoms with van der Waals surface area (Å²) in [7, 11) is 0. The van der Waals surface area contributed by atoms with Crippen molar-refractivity contribution < 1.29 is 14.6 Å². The van der Waals surface area contributed by atoms with E-state index in [0.29, 0.717) is 0 Å². The van der Waals surface area contributed by atoms with Gasteiger partial charge in [-0.1, -0.05) is 43.2 Å². The maximum atomic E-state index is 12.0. The quantitative estimate of drug-likeness (QED) is 0.811. The van der Waals surface area contributed by atoms with E-state index in [9.17, 15) is 9.90 Å². The van der Waals surface area contributed by atoms with Crippen LogP contribution >= 0.6 is 0 Å². The van der Waals surface area contributed by atoms with Crippen LogP contribution in [0.15, 0.2) is 30.3 Å². The van der Waals surface area contributed by atoms with E-state index in [1.54, 1.807) is 0 Å². The summed E-state index contributed by atoms with van der Waals surface area (Å²) in [5.74, 6) is -0.889. The number of aliphatic carboxylic acids is 1. The fourth-order valence-electron chi connectivity index (χ4n) is 2.97. The van der Waals surface area contributed by atoms with Crippen molar-refractivity contribution in [2.45, 2.75) is 57.2 Å². The molecule has 2 N–H and O–H groups in total. The summed E-state index contributed by atoms with van der Waals surface area (Å²) in [6.07, 6.45) is 4.61. The van der Waals surface area contributed by atoms with E-state index in [4.69, 9.17) is 4.74 Å². The van der Waals surface area contributed by atoms with Crippen LogP contribution in [-0.4, -0.2) is 29.8 Å². The molecule has 4 nitrogen and oxygen atoms in total. The average Bonchev–Trinajstić information content (AvgIpc) is 2.97. The minimum absolute atomic E-state index is 0.0495. The van der Waals surface area contributed by atoms with Crippen LogP contribution in [0.2, 0.25) is 0 Å². The second-order valence-electron chi connectivity index (χ2n) is 6.09. The smallest absolute Gasteiger partial charge is 0.331 e. The fraction of sp³-hybridized carbons (Fsp3) is 0.588. The van der Waals surface area contributed by atoms with Crippen molar-refractivity contribution in [3.05, 3.63) is 35.9 Å². The van der Waals surface area contributed by atoms with E-state index >= 15 is 0 Å². The number of ether oxygens (including phenoxy) is 1. The molecule has 1 unspecified atom stereocenters. The molecular weight excluding hydrogens is 266 g/mol. The first-order valence-electron chi connectivity index (χ1n) is 7.73. The summed E-state index contributed by atoms with van der Waals surface area (Å²) in [6.45, 7) is 4.07. The van der Waals surface area contributed by atoms with Crippen LogP contribution in [-0.2, 0) is 15.1 Å². The lowest BCUT2D eigenvalue weighted by molar-refractivity contribution is -0.150. The van der Waals surface area contributed by atoms with Gasteiger partial charge in [0.15, 0.2) is 5.54 Å². The van der Waals surface area contributed by atoms with Gasteiger partial charge in [0.25, 0.3) is 0 Å². The Balaban J connectivity index is 2.24. The lowest BCUT2D eigenvalue weighted by atomic mass is 9.89. The highest BCUT2D eigenvalue weighted by Crippen LogP contribution is 2.27. The summed E-state index contributed by atoms with van der Waals surface area (Å²) in [4.78, 5) is 12.0. The Morgan fingerprint density at radius 3 is 2.48 bits per heavy atom. The van der Waals surface area contributed by atoms with Gasteiger partial charge in [-0.3, -0.25) is 5.32 Å². The monoisotopic (exact) mass is 291 g/mol. The summed E-state index contributed by atoms with van der Waals surface area (Å²) in [5.41, 5.74) is -0.443. The molecule has 4 heteroatoms. The van der Waals surface area contributed by atoms with E-state index in [1.165, 1.54) is 12.8 Å². The number of rotatable bonds is 7. The first-order chi connectivity index (χ1) is 10.0. The third-order valence-electron chi connectivity index (χ3n) is 4.00. The second kappa shape index (κ2) is 7.05. The van der Waals surface area contributed by atoms with Crippen LogP contribution in [0, 0.1) is 0 Å². The predicted molar refractivity (Wildman–Crippen MR) is 82.2 cm³/mol. The van der Waals surface area contributed by atoms with E-state index in [-0.39, 0.29) is 18.8 Å². The average molecular weight is 291 g/mol. The normalized spacial score (nSPS) is 18.8. The Kier molecular flexibility index (Phi) is 5.37. The van der Waals surface area contributed by atoms with Crippen molar-refractivity contribution in [1.29, 1.82) is 0 Å². The molecule has 0 radical (unpaired) electrons. The van der Waals surface area contributed by atoms with Crippen molar-refractivity contribution in [2.75, 3.05) is 6.61 Å². The molecule has 1 aromatic rings. The molecule has 0 aliphatic heterocycles. The maximum Gasteiger partial charge on any atom is 0.331 e. The third-order valence-corrected chi connectivity index (χ3v) is 4.00. The first-order valence-corrected chi connectivity index (χ1v) is 7.73. The van der Waals surface area contributed by atoms with Crippen LogP contribution in [0.4, 0.5) is 0 Å². The highest BCUT2D eigenvalue weighted by atomic mass is 16.5. The Labute approximate surface area is 126 Å². The molecule has 1 fully saturated rings. The lowest BCUT2D eigenvalue weighted by Crippen LogP contribution is -2.55. The highest BCUT2D eigenvalue weighted by Gasteiger charge is 2.42. The summed E-state index contributed by atoms with van der Waals surface area (Å²) in [6, 6.07) is 9.37. The molecule has 0 amide bonds. The number of carboxylic acid groups (broad SMARTS) is 1. The first kappa shape index (κ1) is 16.0. The van der Waals surface area contributed by atoms with E-state index in [0.717, 1.165) is 18.4 Å². The zero-order valence-electron chi connectivity index (χ0n) is 12.8. The van der Waals surface area contributed by atoms with Gasteiger partial charge in [0.1, 0.15) is 0 Å². The van der Waals surface area contributed by atoms with Crippen LogP contribution in [0.25, 0.3) is 0 Å². The van der Waals surface area contributed by atoms with Crippen molar-refractivity contribution in [1.82, 2.24) is 5.32 Å². The highest BCUT2D eigenvalue weighted by molar-refractivity contribution is 5.81. The minimum Gasteiger partial charge on any atom is -0.480 e. The maximum absolute atomic E-state index is 12.0. The number of hydrogen-bond acceptors (Lipinski definition) is 3. The summed E-state index contributed by atoms with van der Waals surface area (Å²) >= 11 is 0. The van der Waals surface area contributed by atoms with Crippen molar-refractivity contribution in [3.63, 3.8) is 0 Å². The van der Waals surface area contributed by atoms with Crippen LogP contribution in [0.1, 0.15) is 45.1 Å². The molecule has 1 saturated carbocycles. The molecule has 21 heavy (non-hydrogen) atoms. The lowest BCUT2D eigenvalue weighted by Gasteiger charge is -2.34. The molecule has 0 aromatic heterocycles. The van der Waals surface area contributed by atoms with Crippen molar-refractivity contribution >= 4 is 5.97 Å².